The summed E-state index contributed by atoms with van der Waals surface area (Å²) < 4.78 is 0. The lowest BCUT2D eigenvalue weighted by molar-refractivity contribution is -0.107. The van der Waals surface area contributed by atoms with Crippen molar-refractivity contribution in [2.75, 3.05) is 0 Å². The van der Waals surface area contributed by atoms with Gasteiger partial charge in [0.1, 0.15) is 6.29 Å². The van der Waals surface area contributed by atoms with Gasteiger partial charge in [0.15, 0.2) is 0 Å². The van der Waals surface area contributed by atoms with E-state index in [4.69, 9.17) is 0 Å². The maximum Gasteiger partial charge on any atom is 0.120 e. The zero-order valence-corrected chi connectivity index (χ0v) is 10.2. The molecule has 1 heteroatoms. The molecule has 0 aliphatic carbocycles. The van der Waals surface area contributed by atoms with Gasteiger partial charge < -0.3 is 4.79 Å². The second-order valence-corrected chi connectivity index (χ2v) is 4.30. The maximum atomic E-state index is 10.3. The molecule has 0 spiro atoms. The van der Waals surface area contributed by atoms with Crippen LogP contribution in [0.4, 0.5) is 0 Å². The summed E-state index contributed by atoms with van der Waals surface area (Å²) in [4.78, 5) is 10.3. The molecule has 0 aliphatic rings. The fourth-order valence-electron chi connectivity index (χ4n) is 2.04. The molecule has 0 saturated carbocycles. The molecule has 0 atom stereocenters. The van der Waals surface area contributed by atoms with Crippen LogP contribution in [0.15, 0.2) is 6.07 Å². The van der Waals surface area contributed by atoms with Gasteiger partial charge in [-0.15, -0.1) is 0 Å². The van der Waals surface area contributed by atoms with Crippen molar-refractivity contribution in [2.45, 2.75) is 47.0 Å². The van der Waals surface area contributed by atoms with Gasteiger partial charge >= 0.3 is 0 Å². The summed E-state index contributed by atoms with van der Waals surface area (Å²) in [6.07, 6.45) is 3.67. The second kappa shape index (κ2) is 5.11. The molecule has 1 rings (SSSR count). The number of hydrogen-bond donors (Lipinski definition) is 0. The van der Waals surface area contributed by atoms with Crippen molar-refractivity contribution in [1.82, 2.24) is 0 Å². The Morgan fingerprint density at radius 3 is 2.07 bits per heavy atom. The average Bonchev–Trinajstić information content (AvgIpc) is 2.20. The Morgan fingerprint density at radius 2 is 1.60 bits per heavy atom. The highest BCUT2D eigenvalue weighted by atomic mass is 16.1. The number of benzene rings is 1. The number of carbonyl (C=O) groups excluding carboxylic acids is 1. The van der Waals surface area contributed by atoms with Crippen LogP contribution in [0, 0.1) is 27.7 Å². The molecule has 0 aliphatic heterocycles. The van der Waals surface area contributed by atoms with Crippen LogP contribution in [0.3, 0.4) is 0 Å². The predicted molar refractivity (Wildman–Crippen MR) is 64.4 cm³/mol. The van der Waals surface area contributed by atoms with Crippen LogP contribution in [0.2, 0.25) is 0 Å². The first-order chi connectivity index (χ1) is 7.07. The lowest BCUT2D eigenvalue weighted by Crippen LogP contribution is -1.99. The Hall–Kier alpha value is -1.11. The van der Waals surface area contributed by atoms with Crippen molar-refractivity contribution in [1.29, 1.82) is 0 Å². The van der Waals surface area contributed by atoms with Gasteiger partial charge in [-0.3, -0.25) is 0 Å². The van der Waals surface area contributed by atoms with Crippen LogP contribution in [-0.4, -0.2) is 6.29 Å². The number of rotatable bonds is 4. The topological polar surface area (TPSA) is 17.1 Å². The summed E-state index contributed by atoms with van der Waals surface area (Å²) in [5, 5.41) is 0. The number of hydrogen-bond acceptors (Lipinski definition) is 1. The summed E-state index contributed by atoms with van der Waals surface area (Å²) in [7, 11) is 0. The Morgan fingerprint density at radius 1 is 1.07 bits per heavy atom. The molecule has 0 saturated heterocycles. The van der Waals surface area contributed by atoms with E-state index >= 15 is 0 Å². The van der Waals surface area contributed by atoms with E-state index in [1.807, 2.05) is 0 Å². The van der Waals surface area contributed by atoms with Crippen LogP contribution in [0.5, 0.6) is 0 Å². The van der Waals surface area contributed by atoms with Crippen LogP contribution in [0.25, 0.3) is 0 Å². The van der Waals surface area contributed by atoms with E-state index in [1.165, 1.54) is 27.8 Å². The molecule has 0 aromatic heterocycles. The molecular formula is C14H20O. The van der Waals surface area contributed by atoms with Crippen molar-refractivity contribution in [3.05, 3.63) is 33.9 Å². The summed E-state index contributed by atoms with van der Waals surface area (Å²) in [6.45, 7) is 8.67. The largest absolute Gasteiger partial charge is 0.303 e. The van der Waals surface area contributed by atoms with E-state index in [9.17, 15) is 4.79 Å². The summed E-state index contributed by atoms with van der Waals surface area (Å²) in [5.74, 6) is 0. The van der Waals surface area contributed by atoms with Crippen LogP contribution < -0.4 is 0 Å². The highest BCUT2D eigenvalue weighted by Gasteiger charge is 2.07. The minimum absolute atomic E-state index is 0.672. The average molecular weight is 204 g/mol. The van der Waals surface area contributed by atoms with E-state index in [0.717, 1.165) is 19.1 Å². The first kappa shape index (κ1) is 12.0. The van der Waals surface area contributed by atoms with Crippen molar-refractivity contribution in [3.63, 3.8) is 0 Å². The van der Waals surface area contributed by atoms with Gasteiger partial charge in [0, 0.05) is 6.42 Å². The molecule has 15 heavy (non-hydrogen) atoms. The van der Waals surface area contributed by atoms with Crippen molar-refractivity contribution in [2.24, 2.45) is 0 Å². The minimum atomic E-state index is 0.672. The van der Waals surface area contributed by atoms with Crippen molar-refractivity contribution in [3.8, 4) is 0 Å². The summed E-state index contributed by atoms with van der Waals surface area (Å²) in [6, 6.07) is 2.24. The highest BCUT2D eigenvalue weighted by molar-refractivity contribution is 5.49. The van der Waals surface area contributed by atoms with Gasteiger partial charge in [-0.25, -0.2) is 0 Å². The first-order valence-electron chi connectivity index (χ1n) is 5.57. The van der Waals surface area contributed by atoms with Gasteiger partial charge in [0.05, 0.1) is 0 Å². The summed E-state index contributed by atoms with van der Waals surface area (Å²) >= 11 is 0. The Labute approximate surface area is 92.5 Å². The molecule has 0 fully saturated rings. The lowest BCUT2D eigenvalue weighted by atomic mass is 9.91. The third kappa shape index (κ3) is 2.68. The smallest absolute Gasteiger partial charge is 0.120 e. The third-order valence-electron chi connectivity index (χ3n) is 3.27. The van der Waals surface area contributed by atoms with Gasteiger partial charge in [-0.2, -0.15) is 0 Å². The van der Waals surface area contributed by atoms with E-state index in [1.54, 1.807) is 0 Å². The van der Waals surface area contributed by atoms with Crippen LogP contribution >= 0.6 is 0 Å². The van der Waals surface area contributed by atoms with Crippen LogP contribution in [-0.2, 0) is 11.2 Å². The molecule has 0 N–H and O–H groups in total. The van der Waals surface area contributed by atoms with Gasteiger partial charge in [-0.05, 0) is 68.4 Å². The summed E-state index contributed by atoms with van der Waals surface area (Å²) in [5.41, 5.74) is 6.95. The van der Waals surface area contributed by atoms with E-state index < -0.39 is 0 Å². The van der Waals surface area contributed by atoms with E-state index in [-0.39, 0.29) is 0 Å². The molecule has 0 radical (unpaired) electrons. The standard InChI is InChI=1S/C14H20O/c1-10-9-11(2)13(4)14(12(10)3)7-5-6-8-15/h8-9H,5-7H2,1-4H3. The monoisotopic (exact) mass is 204 g/mol. The molecular weight excluding hydrogens is 184 g/mol. The zero-order valence-electron chi connectivity index (χ0n) is 10.2. The van der Waals surface area contributed by atoms with E-state index in [2.05, 4.69) is 33.8 Å². The quantitative estimate of drug-likeness (QED) is 0.542. The molecule has 82 valence electrons. The maximum absolute atomic E-state index is 10.3. The third-order valence-corrected chi connectivity index (χ3v) is 3.27. The molecule has 0 bridgehead atoms. The predicted octanol–water partition coefficient (Wildman–Crippen LogP) is 3.44. The number of unbranched alkanes of at least 4 members (excludes halogenated alkanes) is 1. The Balaban J connectivity index is 2.98. The number of aryl methyl sites for hydroxylation is 2. The molecule has 1 nitrogen and oxygen atoms in total. The van der Waals surface area contributed by atoms with Gasteiger partial charge in [-0.1, -0.05) is 6.07 Å². The van der Waals surface area contributed by atoms with Gasteiger partial charge in [0.2, 0.25) is 0 Å². The Kier molecular flexibility index (Phi) is 4.07. The number of aldehydes is 1. The second-order valence-electron chi connectivity index (χ2n) is 4.30. The molecule has 0 amide bonds. The van der Waals surface area contributed by atoms with Crippen LogP contribution in [0.1, 0.15) is 40.7 Å². The molecule has 1 aromatic carbocycles. The van der Waals surface area contributed by atoms with Gasteiger partial charge in [0.25, 0.3) is 0 Å². The molecule has 0 heterocycles. The minimum Gasteiger partial charge on any atom is -0.303 e. The van der Waals surface area contributed by atoms with Crippen molar-refractivity contribution >= 4 is 6.29 Å². The highest BCUT2D eigenvalue weighted by Crippen LogP contribution is 2.23. The zero-order chi connectivity index (χ0) is 11.4. The fraction of sp³-hybridized carbons (Fsp3) is 0.500. The molecule has 0 unspecified atom stereocenters. The lowest BCUT2D eigenvalue weighted by Gasteiger charge is -2.14. The van der Waals surface area contributed by atoms with Crippen molar-refractivity contribution < 1.29 is 4.79 Å². The Bertz CT molecular complexity index is 338. The van der Waals surface area contributed by atoms with E-state index in [0.29, 0.717) is 6.42 Å². The first-order valence-corrected chi connectivity index (χ1v) is 5.57. The SMILES string of the molecule is Cc1cc(C)c(C)c(CCCC=O)c1C. The fourth-order valence-corrected chi connectivity index (χ4v) is 2.04. The number of carbonyl (C=O) groups is 1. The molecule has 1 aromatic rings. The normalized spacial score (nSPS) is 10.4.